The number of methoxy groups -OCH3 is 1. The number of carbonyl (C=O) groups is 1. The van der Waals surface area contributed by atoms with Crippen LogP contribution in [0.5, 0.6) is 11.5 Å². The van der Waals surface area contributed by atoms with Crippen LogP contribution in [0.4, 0.5) is 0 Å². The fraction of sp³-hybridized carbons (Fsp3) is 0.360. The molecule has 0 amide bonds. The van der Waals surface area contributed by atoms with E-state index in [1.807, 2.05) is 30.3 Å². The molecule has 7 nitrogen and oxygen atoms in total. The fourth-order valence-electron chi connectivity index (χ4n) is 4.51. The number of allylic oxidation sites excluding steroid dienone is 1. The molecule has 2 N–H and O–H groups in total. The van der Waals surface area contributed by atoms with Gasteiger partial charge in [-0.15, -0.1) is 0 Å². The molecule has 0 unspecified atom stereocenters. The van der Waals surface area contributed by atoms with Gasteiger partial charge >= 0.3 is 0 Å². The molecule has 2 aromatic carbocycles. The van der Waals surface area contributed by atoms with Gasteiger partial charge in [0.25, 0.3) is 0 Å². The van der Waals surface area contributed by atoms with Gasteiger partial charge in [0, 0.05) is 43.2 Å². The van der Waals surface area contributed by atoms with Gasteiger partial charge in [-0.05, 0) is 44.0 Å². The van der Waals surface area contributed by atoms with Crippen molar-refractivity contribution in [1.29, 1.82) is 0 Å². The van der Waals surface area contributed by atoms with Gasteiger partial charge in [-0.2, -0.15) is 5.10 Å². The van der Waals surface area contributed by atoms with Crippen LogP contribution in [0, 0.1) is 0 Å². The van der Waals surface area contributed by atoms with Crippen LogP contribution in [0.1, 0.15) is 34.5 Å². The first-order valence-corrected chi connectivity index (χ1v) is 11.2. The van der Waals surface area contributed by atoms with Crippen molar-refractivity contribution in [2.24, 2.45) is 0 Å². The number of rotatable bonds is 7. The average molecular weight is 433 g/mol. The predicted octanol–water partition coefficient (Wildman–Crippen LogP) is 3.42. The maximum Gasteiger partial charge on any atom is 0.232 e. The summed E-state index contributed by atoms with van der Waals surface area (Å²) in [5.74, 6) is 1.58. The third-order valence-corrected chi connectivity index (χ3v) is 6.25. The van der Waals surface area contributed by atoms with E-state index in [1.54, 1.807) is 19.3 Å². The van der Waals surface area contributed by atoms with Crippen LogP contribution >= 0.6 is 0 Å². The Balaban J connectivity index is 1.35. The topological polar surface area (TPSA) is 79.5 Å². The molecule has 3 heterocycles. The number of benzene rings is 2. The second kappa shape index (κ2) is 9.14. The first-order valence-electron chi connectivity index (χ1n) is 11.2. The fourth-order valence-corrected chi connectivity index (χ4v) is 4.51. The number of aromatic nitrogens is 2. The van der Waals surface area contributed by atoms with Gasteiger partial charge in [-0.1, -0.05) is 18.2 Å². The maximum absolute atomic E-state index is 13.1. The zero-order valence-electron chi connectivity index (χ0n) is 18.3. The Morgan fingerprint density at radius 2 is 2.00 bits per heavy atom. The number of fused-ring (bicyclic) bond motifs is 2. The Morgan fingerprint density at radius 3 is 2.84 bits per heavy atom. The van der Waals surface area contributed by atoms with Gasteiger partial charge in [-0.3, -0.25) is 9.89 Å². The van der Waals surface area contributed by atoms with Gasteiger partial charge < -0.3 is 19.7 Å². The smallest absolute Gasteiger partial charge is 0.232 e. The number of H-pyrrole nitrogens is 1. The SMILES string of the molecule is COc1ccc2c(c1CCCCN1CCNCC1)O/C(=C\c1n[nH]c3ccccc13)C2=O. The zero-order valence-corrected chi connectivity index (χ0v) is 18.3. The summed E-state index contributed by atoms with van der Waals surface area (Å²) in [4.78, 5) is 15.6. The maximum atomic E-state index is 13.1. The van der Waals surface area contributed by atoms with Crippen LogP contribution in [0.15, 0.2) is 42.2 Å². The molecule has 5 rings (SSSR count). The average Bonchev–Trinajstić information content (AvgIpc) is 3.39. The number of hydrogen-bond acceptors (Lipinski definition) is 6. The Morgan fingerprint density at radius 1 is 1.16 bits per heavy atom. The number of unbranched alkanes of at least 4 members (excludes halogenated alkanes) is 1. The normalized spacial score (nSPS) is 17.7. The summed E-state index contributed by atoms with van der Waals surface area (Å²) in [7, 11) is 1.66. The van der Waals surface area contributed by atoms with Crippen molar-refractivity contribution in [1.82, 2.24) is 20.4 Å². The molecular weight excluding hydrogens is 404 g/mol. The number of para-hydroxylation sites is 1. The molecule has 0 bridgehead atoms. The Kier molecular flexibility index (Phi) is 5.92. The number of piperazine rings is 1. The summed E-state index contributed by atoms with van der Waals surface area (Å²) < 4.78 is 11.7. The second-order valence-corrected chi connectivity index (χ2v) is 8.27. The van der Waals surface area contributed by atoms with Gasteiger partial charge in [0.05, 0.1) is 23.9 Å². The van der Waals surface area contributed by atoms with Crippen molar-refractivity contribution < 1.29 is 14.3 Å². The van der Waals surface area contributed by atoms with E-state index in [-0.39, 0.29) is 5.78 Å². The minimum absolute atomic E-state index is 0.114. The number of aromatic amines is 1. The largest absolute Gasteiger partial charge is 0.496 e. The third-order valence-electron chi connectivity index (χ3n) is 6.25. The number of hydrogen-bond donors (Lipinski definition) is 2. The highest BCUT2D eigenvalue weighted by molar-refractivity contribution is 6.15. The van der Waals surface area contributed by atoms with E-state index in [2.05, 4.69) is 20.4 Å². The number of nitrogens with one attached hydrogen (secondary N) is 2. The van der Waals surface area contributed by atoms with Crippen LogP contribution in [-0.2, 0) is 6.42 Å². The van der Waals surface area contributed by atoms with Crippen LogP contribution in [0.25, 0.3) is 17.0 Å². The van der Waals surface area contributed by atoms with E-state index in [9.17, 15) is 4.79 Å². The summed E-state index contributed by atoms with van der Waals surface area (Å²) in [6.07, 6.45) is 4.65. The van der Waals surface area contributed by atoms with E-state index < -0.39 is 0 Å². The van der Waals surface area contributed by atoms with Crippen molar-refractivity contribution in [3.8, 4) is 11.5 Å². The van der Waals surface area contributed by atoms with Crippen LogP contribution in [0.2, 0.25) is 0 Å². The number of nitrogens with zero attached hydrogens (tertiary/aromatic N) is 2. The van der Waals surface area contributed by atoms with E-state index in [0.717, 1.165) is 74.2 Å². The van der Waals surface area contributed by atoms with Gasteiger partial charge in [0.1, 0.15) is 11.5 Å². The van der Waals surface area contributed by atoms with Gasteiger partial charge in [0.2, 0.25) is 5.78 Å². The lowest BCUT2D eigenvalue weighted by atomic mass is 10.0. The molecule has 0 saturated carbocycles. The predicted molar refractivity (Wildman–Crippen MR) is 124 cm³/mol. The van der Waals surface area contributed by atoms with Crippen LogP contribution < -0.4 is 14.8 Å². The van der Waals surface area contributed by atoms with E-state index in [4.69, 9.17) is 9.47 Å². The first-order chi connectivity index (χ1) is 15.7. The monoisotopic (exact) mass is 432 g/mol. The molecule has 7 heteroatoms. The van der Waals surface area contributed by atoms with Crippen molar-refractivity contribution in [3.63, 3.8) is 0 Å². The Bertz CT molecular complexity index is 1160. The lowest BCUT2D eigenvalue weighted by Crippen LogP contribution is -2.43. The molecule has 0 spiro atoms. The molecule has 32 heavy (non-hydrogen) atoms. The molecule has 0 atom stereocenters. The number of ether oxygens (including phenoxy) is 2. The second-order valence-electron chi connectivity index (χ2n) is 8.27. The van der Waals surface area contributed by atoms with E-state index >= 15 is 0 Å². The van der Waals surface area contributed by atoms with E-state index in [1.165, 1.54) is 0 Å². The molecule has 2 aliphatic rings. The molecule has 0 aliphatic carbocycles. The highest BCUT2D eigenvalue weighted by Crippen LogP contribution is 2.40. The summed E-state index contributed by atoms with van der Waals surface area (Å²) in [6, 6.07) is 11.5. The van der Waals surface area contributed by atoms with Crippen LogP contribution in [0.3, 0.4) is 0 Å². The summed E-state index contributed by atoms with van der Waals surface area (Å²) in [5.41, 5.74) is 3.18. The quantitative estimate of drug-likeness (QED) is 0.440. The first kappa shape index (κ1) is 20.7. The molecule has 166 valence electrons. The number of ketones is 1. The third kappa shape index (κ3) is 4.01. The minimum Gasteiger partial charge on any atom is -0.496 e. The lowest BCUT2D eigenvalue weighted by Gasteiger charge is -2.27. The van der Waals surface area contributed by atoms with Crippen LogP contribution in [-0.4, -0.2) is 60.7 Å². The zero-order chi connectivity index (χ0) is 21.9. The molecule has 2 aliphatic heterocycles. The summed E-state index contributed by atoms with van der Waals surface area (Å²) >= 11 is 0. The molecule has 1 aromatic heterocycles. The standard InChI is InChI=1S/C25H28N4O3/c1-31-22-10-9-19-24(30)23(16-21-17-6-2-3-8-20(17)27-28-21)32-25(19)18(22)7-4-5-13-29-14-11-26-12-15-29/h2-3,6,8-10,16,26H,4-5,7,11-15H2,1H3,(H,27,28)/b23-16-. The van der Waals surface area contributed by atoms with Crippen molar-refractivity contribution in [2.75, 3.05) is 39.8 Å². The minimum atomic E-state index is -0.114. The van der Waals surface area contributed by atoms with Gasteiger partial charge in [0.15, 0.2) is 5.76 Å². The molecular formula is C25H28N4O3. The molecule has 0 radical (unpaired) electrons. The molecule has 1 fully saturated rings. The highest BCUT2D eigenvalue weighted by atomic mass is 16.5. The Labute approximate surface area is 187 Å². The van der Waals surface area contributed by atoms with E-state index in [0.29, 0.717) is 22.8 Å². The van der Waals surface area contributed by atoms with Crippen molar-refractivity contribution in [3.05, 3.63) is 59.0 Å². The lowest BCUT2D eigenvalue weighted by molar-refractivity contribution is 0.101. The number of Topliss-reactive ketones (excluding diaryl/α,β-unsaturated/α-hetero) is 1. The number of carbonyl (C=O) groups excluding carboxylic acids is 1. The van der Waals surface area contributed by atoms with Crippen molar-refractivity contribution in [2.45, 2.75) is 19.3 Å². The van der Waals surface area contributed by atoms with Crippen molar-refractivity contribution >= 4 is 22.8 Å². The van der Waals surface area contributed by atoms with Gasteiger partial charge in [-0.25, -0.2) is 0 Å². The molecule has 1 saturated heterocycles. The summed E-state index contributed by atoms with van der Waals surface area (Å²) in [5, 5.41) is 11.7. The summed E-state index contributed by atoms with van der Waals surface area (Å²) in [6.45, 7) is 5.44. The Hall–Kier alpha value is -3.16. The highest BCUT2D eigenvalue weighted by Gasteiger charge is 2.31. The molecule has 3 aromatic rings.